The van der Waals surface area contributed by atoms with E-state index in [9.17, 15) is 28.9 Å². The number of halogens is 1. The lowest BCUT2D eigenvalue weighted by Crippen LogP contribution is -2.45. The summed E-state index contributed by atoms with van der Waals surface area (Å²) in [5.74, 6) is -1.82. The van der Waals surface area contributed by atoms with Gasteiger partial charge in [-0.25, -0.2) is 4.39 Å². The SMILES string of the molecule is O=C1C2C3C=CC(C4CC34)C2C(=O)N1CN(C(=O)c1ccccc1[N+](=O)[O-])c1ccc(F)cc1. The lowest BCUT2D eigenvalue weighted by Gasteiger charge is -2.37. The Morgan fingerprint density at radius 2 is 1.59 bits per heavy atom. The van der Waals surface area contributed by atoms with Gasteiger partial charge < -0.3 is 0 Å². The van der Waals surface area contributed by atoms with E-state index in [1.165, 1.54) is 36.4 Å². The van der Waals surface area contributed by atoms with Crippen LogP contribution in [0.5, 0.6) is 0 Å². The van der Waals surface area contributed by atoms with Crippen molar-refractivity contribution in [3.05, 3.63) is 82.2 Å². The van der Waals surface area contributed by atoms with Crippen LogP contribution in [0.2, 0.25) is 0 Å². The molecule has 0 aromatic heterocycles. The molecule has 0 N–H and O–H groups in total. The Hall–Kier alpha value is -3.88. The summed E-state index contributed by atoms with van der Waals surface area (Å²) in [6, 6.07) is 10.5. The summed E-state index contributed by atoms with van der Waals surface area (Å²) in [5, 5.41) is 11.5. The first-order valence-corrected chi connectivity index (χ1v) is 11.2. The Morgan fingerprint density at radius 1 is 1.00 bits per heavy atom. The van der Waals surface area contributed by atoms with Crippen LogP contribution in [0.15, 0.2) is 60.7 Å². The number of hydrogen-bond acceptors (Lipinski definition) is 5. The van der Waals surface area contributed by atoms with E-state index in [0.29, 0.717) is 11.8 Å². The number of nitrogens with zero attached hydrogens (tertiary/aromatic N) is 3. The number of likely N-dealkylation sites (tertiary alicyclic amines) is 1. The number of nitro benzene ring substituents is 1. The lowest BCUT2D eigenvalue weighted by atomic mass is 9.63. The second-order valence-corrected chi connectivity index (χ2v) is 9.38. The highest BCUT2D eigenvalue weighted by Gasteiger charge is 2.67. The number of benzene rings is 2. The van der Waals surface area contributed by atoms with Crippen molar-refractivity contribution in [2.24, 2.45) is 35.5 Å². The van der Waals surface area contributed by atoms with Crippen LogP contribution in [0.1, 0.15) is 16.8 Å². The highest BCUT2D eigenvalue weighted by Crippen LogP contribution is 2.65. The molecule has 1 saturated heterocycles. The summed E-state index contributed by atoms with van der Waals surface area (Å²) >= 11 is 0. The zero-order valence-electron chi connectivity index (χ0n) is 17.9. The minimum Gasteiger partial charge on any atom is -0.289 e. The first-order valence-electron chi connectivity index (χ1n) is 11.2. The molecule has 6 unspecified atom stereocenters. The van der Waals surface area contributed by atoms with Gasteiger partial charge in [-0.3, -0.25) is 34.3 Å². The summed E-state index contributed by atoms with van der Waals surface area (Å²) in [7, 11) is 0. The van der Waals surface area contributed by atoms with Gasteiger partial charge in [0, 0.05) is 11.8 Å². The lowest BCUT2D eigenvalue weighted by molar-refractivity contribution is -0.385. The largest absolute Gasteiger partial charge is 0.289 e. The van der Waals surface area contributed by atoms with Gasteiger partial charge in [-0.1, -0.05) is 24.3 Å². The quantitative estimate of drug-likeness (QED) is 0.294. The number of nitro groups is 1. The van der Waals surface area contributed by atoms with E-state index in [1.54, 1.807) is 0 Å². The fraction of sp³-hybridized carbons (Fsp3) is 0.320. The molecular formula is C25H20FN3O5. The van der Waals surface area contributed by atoms with E-state index in [4.69, 9.17) is 0 Å². The maximum atomic E-state index is 13.6. The van der Waals surface area contributed by atoms with Crippen LogP contribution in [-0.2, 0) is 9.59 Å². The van der Waals surface area contributed by atoms with Gasteiger partial charge in [-0.2, -0.15) is 0 Å². The standard InChI is InChI=1S/C25H20FN3O5/c26-13-5-7-14(8-6-13)27(23(30)17-3-1-2-4-20(17)29(33)34)12-28-24(31)21-15-9-10-16(19-11-18(15)19)22(21)25(28)32/h1-10,15-16,18-19,21-22H,11-12H2. The molecule has 7 rings (SSSR count). The second kappa shape index (κ2) is 7.31. The molecule has 6 atom stereocenters. The van der Waals surface area contributed by atoms with Crippen LogP contribution in [0, 0.1) is 51.4 Å². The Balaban J connectivity index is 1.36. The number of allylic oxidation sites excluding steroid dienone is 2. The Labute approximate surface area is 193 Å². The monoisotopic (exact) mass is 461 g/mol. The molecule has 2 saturated carbocycles. The summed E-state index contributed by atoms with van der Waals surface area (Å²) in [4.78, 5) is 53.5. The molecule has 2 aromatic carbocycles. The average molecular weight is 461 g/mol. The number of anilines is 1. The van der Waals surface area contributed by atoms with Crippen LogP contribution >= 0.6 is 0 Å². The number of rotatable bonds is 5. The van der Waals surface area contributed by atoms with Gasteiger partial charge in [0.2, 0.25) is 11.8 Å². The van der Waals surface area contributed by atoms with Crippen molar-refractivity contribution in [1.29, 1.82) is 0 Å². The Bertz CT molecular complexity index is 1240. The maximum Gasteiger partial charge on any atom is 0.282 e. The molecule has 3 fully saturated rings. The van der Waals surface area contributed by atoms with Crippen molar-refractivity contribution in [2.45, 2.75) is 6.42 Å². The number of amides is 3. The predicted octanol–water partition coefficient (Wildman–Crippen LogP) is 3.39. The normalized spacial score (nSPS) is 30.2. The molecule has 9 heteroatoms. The molecule has 0 radical (unpaired) electrons. The van der Waals surface area contributed by atoms with E-state index in [0.717, 1.165) is 28.4 Å². The minimum atomic E-state index is -0.752. The molecule has 2 bridgehead atoms. The molecule has 5 aliphatic rings. The fourth-order valence-electron chi connectivity index (χ4n) is 6.14. The van der Waals surface area contributed by atoms with Crippen molar-refractivity contribution in [1.82, 2.24) is 4.90 Å². The average Bonchev–Trinajstić information content (AvgIpc) is 3.63. The third-order valence-electron chi connectivity index (χ3n) is 7.75. The third kappa shape index (κ3) is 2.92. The molecule has 1 aliphatic heterocycles. The van der Waals surface area contributed by atoms with E-state index in [1.807, 2.05) is 0 Å². The van der Waals surface area contributed by atoms with Crippen molar-refractivity contribution >= 4 is 29.1 Å². The number of hydrogen-bond donors (Lipinski definition) is 0. The van der Waals surface area contributed by atoms with E-state index in [-0.39, 0.29) is 34.9 Å². The Morgan fingerprint density at radius 3 is 2.18 bits per heavy atom. The van der Waals surface area contributed by atoms with Crippen LogP contribution in [0.25, 0.3) is 0 Å². The van der Waals surface area contributed by atoms with Gasteiger partial charge in [0.05, 0.1) is 16.8 Å². The van der Waals surface area contributed by atoms with Crippen LogP contribution < -0.4 is 4.90 Å². The van der Waals surface area contributed by atoms with E-state index in [2.05, 4.69) is 12.2 Å². The van der Waals surface area contributed by atoms with Crippen molar-refractivity contribution in [2.75, 3.05) is 11.6 Å². The predicted molar refractivity (Wildman–Crippen MR) is 118 cm³/mol. The molecule has 3 amide bonds. The molecule has 34 heavy (non-hydrogen) atoms. The highest BCUT2D eigenvalue weighted by molar-refractivity contribution is 6.11. The zero-order chi connectivity index (χ0) is 23.7. The molecule has 172 valence electrons. The molecular weight excluding hydrogens is 441 g/mol. The van der Waals surface area contributed by atoms with Crippen molar-refractivity contribution in [3.63, 3.8) is 0 Å². The summed E-state index contributed by atoms with van der Waals surface area (Å²) in [5.41, 5.74) is -0.352. The number of imide groups is 1. The first kappa shape index (κ1) is 20.7. The van der Waals surface area contributed by atoms with Gasteiger partial charge in [-0.05, 0) is 60.4 Å². The molecule has 2 aromatic rings. The molecule has 1 heterocycles. The second-order valence-electron chi connectivity index (χ2n) is 9.38. The Kier molecular flexibility index (Phi) is 4.45. The summed E-state index contributed by atoms with van der Waals surface area (Å²) in [6.45, 7) is -0.393. The summed E-state index contributed by atoms with van der Waals surface area (Å²) < 4.78 is 13.6. The van der Waals surface area contributed by atoms with Crippen LogP contribution in [0.3, 0.4) is 0 Å². The van der Waals surface area contributed by atoms with E-state index >= 15 is 0 Å². The maximum absolute atomic E-state index is 13.6. The molecule has 4 aliphatic carbocycles. The van der Waals surface area contributed by atoms with Gasteiger partial charge in [0.25, 0.3) is 11.6 Å². The van der Waals surface area contributed by atoms with Crippen LogP contribution in [0.4, 0.5) is 15.8 Å². The van der Waals surface area contributed by atoms with E-state index < -0.39 is 40.8 Å². The van der Waals surface area contributed by atoms with Crippen LogP contribution in [-0.4, -0.2) is 34.2 Å². The highest BCUT2D eigenvalue weighted by atomic mass is 19.1. The molecule has 0 spiro atoms. The number of carbonyl (C=O) groups is 3. The third-order valence-corrected chi connectivity index (χ3v) is 7.75. The fourth-order valence-corrected chi connectivity index (χ4v) is 6.14. The van der Waals surface area contributed by atoms with Gasteiger partial charge in [0.1, 0.15) is 18.0 Å². The van der Waals surface area contributed by atoms with Gasteiger partial charge in [-0.15, -0.1) is 0 Å². The summed E-state index contributed by atoms with van der Waals surface area (Å²) in [6.07, 6.45) is 5.16. The zero-order valence-corrected chi connectivity index (χ0v) is 17.9. The topological polar surface area (TPSA) is 101 Å². The molecule has 8 nitrogen and oxygen atoms in total. The van der Waals surface area contributed by atoms with Gasteiger partial charge >= 0.3 is 0 Å². The number of para-hydroxylation sites is 1. The minimum absolute atomic E-state index is 0.0339. The smallest absolute Gasteiger partial charge is 0.282 e. The van der Waals surface area contributed by atoms with Crippen molar-refractivity contribution in [3.8, 4) is 0 Å². The first-order chi connectivity index (χ1) is 16.4. The van der Waals surface area contributed by atoms with Gasteiger partial charge in [0.15, 0.2) is 0 Å². The van der Waals surface area contributed by atoms with Crippen molar-refractivity contribution < 1.29 is 23.7 Å². The number of carbonyl (C=O) groups excluding carboxylic acids is 3.